The van der Waals surface area contributed by atoms with Crippen LogP contribution >= 0.6 is 0 Å². The van der Waals surface area contributed by atoms with E-state index in [1.165, 1.54) is 0 Å². The van der Waals surface area contributed by atoms with E-state index in [-0.39, 0.29) is 12.0 Å². The van der Waals surface area contributed by atoms with Gasteiger partial charge in [-0.15, -0.1) is 0 Å². The Morgan fingerprint density at radius 1 is 0.957 bits per heavy atom. The summed E-state index contributed by atoms with van der Waals surface area (Å²) >= 11 is 0. The fourth-order valence-corrected chi connectivity index (χ4v) is 3.01. The maximum atomic E-state index is 13.6. The van der Waals surface area contributed by atoms with Gasteiger partial charge in [0.2, 0.25) is 11.7 Å². The van der Waals surface area contributed by atoms with Crippen LogP contribution in [-0.4, -0.2) is 11.9 Å². The molecular weight excluding hydrogens is 317 g/mol. The molecule has 1 saturated carbocycles. The number of carbonyl (C=O) groups excluding carboxylic acids is 1. The quantitative estimate of drug-likeness (QED) is 0.507. The summed E-state index contributed by atoms with van der Waals surface area (Å²) in [5.74, 6) is -10.4. The summed E-state index contributed by atoms with van der Waals surface area (Å²) in [6, 6.07) is -0.160. The van der Waals surface area contributed by atoms with Crippen molar-refractivity contribution >= 4 is 5.91 Å². The third kappa shape index (κ3) is 3.48. The molecule has 0 aliphatic heterocycles. The minimum atomic E-state index is -2.22. The van der Waals surface area contributed by atoms with E-state index in [4.69, 9.17) is 0 Å². The maximum Gasteiger partial charge on any atom is 0.224 e. The van der Waals surface area contributed by atoms with Crippen LogP contribution in [0.5, 0.6) is 0 Å². The van der Waals surface area contributed by atoms with E-state index in [2.05, 4.69) is 5.32 Å². The second-order valence-electron chi connectivity index (χ2n) is 6.17. The average Bonchev–Trinajstić information content (AvgIpc) is 2.52. The molecule has 3 atom stereocenters. The van der Waals surface area contributed by atoms with Gasteiger partial charge in [-0.25, -0.2) is 22.0 Å². The Labute approximate surface area is 131 Å². The molecule has 0 unspecified atom stereocenters. The van der Waals surface area contributed by atoms with Crippen molar-refractivity contribution in [3.63, 3.8) is 0 Å². The first-order valence-corrected chi connectivity index (χ1v) is 7.53. The van der Waals surface area contributed by atoms with E-state index in [1.54, 1.807) is 0 Å². The highest BCUT2D eigenvalue weighted by Crippen LogP contribution is 2.30. The molecule has 2 rings (SSSR count). The standard InChI is InChI=1S/C16H18F5NO/c1-7-4-3-5-10(8(7)2)22-11(23)6-9-12(17)14(19)16(21)15(20)13(9)18/h7-8,10H,3-6H2,1-2H3,(H,22,23)/t7-,8+,10+/m1/s1. The van der Waals surface area contributed by atoms with Crippen molar-refractivity contribution in [2.75, 3.05) is 0 Å². The van der Waals surface area contributed by atoms with Gasteiger partial charge in [0.15, 0.2) is 23.3 Å². The molecule has 0 radical (unpaired) electrons. The molecule has 0 bridgehead atoms. The number of amides is 1. The summed E-state index contributed by atoms with van der Waals surface area (Å²) in [5, 5.41) is 2.64. The molecule has 0 aromatic heterocycles. The van der Waals surface area contributed by atoms with Crippen molar-refractivity contribution in [2.24, 2.45) is 11.8 Å². The molecule has 1 aliphatic carbocycles. The van der Waals surface area contributed by atoms with Crippen molar-refractivity contribution in [1.29, 1.82) is 0 Å². The van der Waals surface area contributed by atoms with Gasteiger partial charge in [0, 0.05) is 11.6 Å². The summed E-state index contributed by atoms with van der Waals surface area (Å²) < 4.78 is 66.4. The van der Waals surface area contributed by atoms with Gasteiger partial charge in [-0.3, -0.25) is 4.79 Å². The van der Waals surface area contributed by atoms with Crippen molar-refractivity contribution in [2.45, 2.75) is 45.6 Å². The zero-order valence-electron chi connectivity index (χ0n) is 12.9. The zero-order valence-corrected chi connectivity index (χ0v) is 12.9. The van der Waals surface area contributed by atoms with Crippen LogP contribution in [0.25, 0.3) is 0 Å². The Balaban J connectivity index is 2.15. The summed E-state index contributed by atoms with van der Waals surface area (Å²) in [4.78, 5) is 12.0. The average molecular weight is 335 g/mol. The van der Waals surface area contributed by atoms with E-state index < -0.39 is 47.0 Å². The van der Waals surface area contributed by atoms with Gasteiger partial charge in [0.05, 0.1) is 6.42 Å². The van der Waals surface area contributed by atoms with Crippen LogP contribution in [0.4, 0.5) is 22.0 Å². The summed E-state index contributed by atoms with van der Waals surface area (Å²) in [7, 11) is 0. The predicted molar refractivity (Wildman–Crippen MR) is 74.0 cm³/mol. The normalized spacial score (nSPS) is 24.6. The van der Waals surface area contributed by atoms with E-state index in [0.29, 0.717) is 5.92 Å². The van der Waals surface area contributed by atoms with Crippen molar-refractivity contribution < 1.29 is 26.7 Å². The van der Waals surface area contributed by atoms with Gasteiger partial charge >= 0.3 is 0 Å². The molecule has 23 heavy (non-hydrogen) atoms. The first-order valence-electron chi connectivity index (χ1n) is 7.53. The van der Waals surface area contributed by atoms with Crippen LogP contribution in [0.3, 0.4) is 0 Å². The highest BCUT2D eigenvalue weighted by atomic mass is 19.2. The molecule has 7 heteroatoms. The number of hydrogen-bond donors (Lipinski definition) is 1. The molecule has 128 valence electrons. The van der Waals surface area contributed by atoms with E-state index in [0.717, 1.165) is 19.3 Å². The smallest absolute Gasteiger partial charge is 0.224 e. The van der Waals surface area contributed by atoms with Gasteiger partial charge in [-0.2, -0.15) is 0 Å². The third-order valence-corrected chi connectivity index (χ3v) is 4.69. The van der Waals surface area contributed by atoms with E-state index in [9.17, 15) is 26.7 Å². The number of hydrogen-bond acceptors (Lipinski definition) is 1. The van der Waals surface area contributed by atoms with Gasteiger partial charge in [-0.1, -0.05) is 26.7 Å². The summed E-state index contributed by atoms with van der Waals surface area (Å²) in [5.41, 5.74) is -1.10. The molecule has 1 N–H and O–H groups in total. The minimum absolute atomic E-state index is 0.160. The lowest BCUT2D eigenvalue weighted by Crippen LogP contribution is -2.44. The van der Waals surface area contributed by atoms with E-state index >= 15 is 0 Å². The maximum absolute atomic E-state index is 13.6. The summed E-state index contributed by atoms with van der Waals surface area (Å²) in [6.45, 7) is 4.01. The molecule has 1 aromatic carbocycles. The largest absolute Gasteiger partial charge is 0.353 e. The van der Waals surface area contributed by atoms with Crippen molar-refractivity contribution in [1.82, 2.24) is 5.32 Å². The number of carbonyl (C=O) groups is 1. The topological polar surface area (TPSA) is 29.1 Å². The Morgan fingerprint density at radius 2 is 1.48 bits per heavy atom. The Hall–Kier alpha value is -1.66. The Bertz CT molecular complexity index is 590. The van der Waals surface area contributed by atoms with Crippen molar-refractivity contribution in [3.05, 3.63) is 34.6 Å². The van der Waals surface area contributed by atoms with Crippen LogP contribution in [0.2, 0.25) is 0 Å². The highest BCUT2D eigenvalue weighted by Gasteiger charge is 2.30. The molecule has 1 aromatic rings. The lowest BCUT2D eigenvalue weighted by Gasteiger charge is -2.34. The first kappa shape index (κ1) is 17.7. The minimum Gasteiger partial charge on any atom is -0.353 e. The monoisotopic (exact) mass is 335 g/mol. The third-order valence-electron chi connectivity index (χ3n) is 4.69. The molecule has 0 heterocycles. The van der Waals surface area contributed by atoms with Gasteiger partial charge in [0.25, 0.3) is 0 Å². The van der Waals surface area contributed by atoms with Crippen LogP contribution in [0.15, 0.2) is 0 Å². The molecule has 1 amide bonds. The van der Waals surface area contributed by atoms with E-state index in [1.807, 2.05) is 13.8 Å². The molecule has 2 nitrogen and oxygen atoms in total. The molecular formula is C16H18F5NO. The zero-order chi connectivity index (χ0) is 17.3. The fourth-order valence-electron chi connectivity index (χ4n) is 3.01. The summed E-state index contributed by atoms with van der Waals surface area (Å²) in [6.07, 6.45) is 1.79. The second kappa shape index (κ2) is 6.84. The van der Waals surface area contributed by atoms with Gasteiger partial charge in [-0.05, 0) is 18.3 Å². The Kier molecular flexibility index (Phi) is 5.26. The Morgan fingerprint density at radius 3 is 2.04 bits per heavy atom. The second-order valence-corrected chi connectivity index (χ2v) is 6.17. The molecule has 0 spiro atoms. The van der Waals surface area contributed by atoms with Gasteiger partial charge < -0.3 is 5.32 Å². The molecule has 0 saturated heterocycles. The lowest BCUT2D eigenvalue weighted by molar-refractivity contribution is -0.122. The van der Waals surface area contributed by atoms with Crippen LogP contribution in [0.1, 0.15) is 38.7 Å². The fraction of sp³-hybridized carbons (Fsp3) is 0.562. The van der Waals surface area contributed by atoms with Crippen LogP contribution in [-0.2, 0) is 11.2 Å². The number of rotatable bonds is 3. The van der Waals surface area contributed by atoms with Gasteiger partial charge in [0.1, 0.15) is 0 Å². The number of benzene rings is 1. The number of nitrogens with one attached hydrogen (secondary N) is 1. The molecule has 1 fully saturated rings. The lowest BCUT2D eigenvalue weighted by atomic mass is 9.78. The molecule has 1 aliphatic rings. The predicted octanol–water partition coefficient (Wildman–Crippen LogP) is 3.87. The first-order chi connectivity index (χ1) is 10.7. The van der Waals surface area contributed by atoms with Crippen LogP contribution in [0, 0.1) is 40.9 Å². The highest BCUT2D eigenvalue weighted by molar-refractivity contribution is 5.79. The number of halogens is 5. The van der Waals surface area contributed by atoms with Crippen molar-refractivity contribution in [3.8, 4) is 0 Å². The van der Waals surface area contributed by atoms with Crippen LogP contribution < -0.4 is 5.32 Å². The SMILES string of the molecule is C[C@H]1[C@H](C)CCC[C@@H]1NC(=O)Cc1c(F)c(F)c(F)c(F)c1F.